The minimum absolute atomic E-state index is 0.0919. The molecule has 3 rings (SSSR count). The van der Waals surface area contributed by atoms with Crippen molar-refractivity contribution in [3.8, 4) is 5.75 Å². The molecule has 2 aromatic rings. The molecule has 0 saturated heterocycles. The monoisotopic (exact) mass is 350 g/mol. The summed E-state index contributed by atoms with van der Waals surface area (Å²) in [5.74, 6) is 0.723. The molecule has 1 unspecified atom stereocenters. The third-order valence-corrected chi connectivity index (χ3v) is 4.35. The maximum atomic E-state index is 12.2. The van der Waals surface area contributed by atoms with E-state index in [1.54, 1.807) is 6.07 Å². The number of ketones is 1. The highest BCUT2D eigenvalue weighted by Crippen LogP contribution is 2.37. The molecule has 0 spiro atoms. The van der Waals surface area contributed by atoms with Gasteiger partial charge < -0.3 is 4.74 Å². The number of hydrogen-bond donors (Lipinski definition) is 0. The maximum Gasteiger partial charge on any atom is 0.170 e. The summed E-state index contributed by atoms with van der Waals surface area (Å²) in [6, 6.07) is 11.3. The van der Waals surface area contributed by atoms with Gasteiger partial charge in [-0.1, -0.05) is 39.7 Å². The van der Waals surface area contributed by atoms with E-state index in [0.717, 1.165) is 15.6 Å². The molecule has 0 radical (unpaired) electrons. The van der Waals surface area contributed by atoms with Crippen LogP contribution in [0.4, 0.5) is 0 Å². The zero-order valence-electron chi connectivity index (χ0n) is 10.8. The molecule has 0 bridgehead atoms. The Hall–Kier alpha value is -1.32. The number of Topliss-reactive ketones (excluding diaryl/α,β-unsaturated/α-hetero) is 1. The molecular formula is C16H12BrClO2. The highest BCUT2D eigenvalue weighted by atomic mass is 79.9. The fourth-order valence-electron chi connectivity index (χ4n) is 2.29. The minimum Gasteiger partial charge on any atom is -0.484 e. The van der Waals surface area contributed by atoms with Crippen molar-refractivity contribution in [3.05, 3.63) is 62.6 Å². The standard InChI is InChI=1S/C16H12BrClO2/c1-9-2-3-10(6-13(9)18)16-8-14(19)12-7-11(17)4-5-15(12)20-16/h2-7,16H,8H2,1H3. The second-order valence-electron chi connectivity index (χ2n) is 4.88. The summed E-state index contributed by atoms with van der Waals surface area (Å²) in [4.78, 5) is 12.2. The minimum atomic E-state index is -0.269. The first kappa shape index (κ1) is 13.7. The second kappa shape index (κ2) is 5.23. The quantitative estimate of drug-likeness (QED) is 0.713. The van der Waals surface area contributed by atoms with Crippen molar-refractivity contribution >= 4 is 33.3 Å². The Bertz CT molecular complexity index is 697. The summed E-state index contributed by atoms with van der Waals surface area (Å²) in [6.07, 6.45) is 0.0670. The summed E-state index contributed by atoms with van der Waals surface area (Å²) >= 11 is 9.51. The number of carbonyl (C=O) groups is 1. The Balaban J connectivity index is 1.97. The number of halogens is 2. The topological polar surface area (TPSA) is 26.3 Å². The number of hydrogen-bond acceptors (Lipinski definition) is 2. The molecule has 2 nitrogen and oxygen atoms in total. The lowest BCUT2D eigenvalue weighted by Gasteiger charge is -2.26. The first-order chi connectivity index (χ1) is 9.54. The van der Waals surface area contributed by atoms with Gasteiger partial charge in [0.2, 0.25) is 0 Å². The number of ether oxygens (including phenoxy) is 1. The van der Waals surface area contributed by atoms with Gasteiger partial charge in [-0.25, -0.2) is 0 Å². The number of benzene rings is 2. The zero-order chi connectivity index (χ0) is 14.3. The first-order valence-electron chi connectivity index (χ1n) is 6.30. The van der Waals surface area contributed by atoms with Crippen LogP contribution in [0, 0.1) is 6.92 Å². The molecule has 20 heavy (non-hydrogen) atoms. The van der Waals surface area contributed by atoms with E-state index in [9.17, 15) is 4.79 Å². The highest BCUT2D eigenvalue weighted by molar-refractivity contribution is 9.10. The van der Waals surface area contributed by atoms with Crippen molar-refractivity contribution in [1.29, 1.82) is 0 Å². The average Bonchev–Trinajstić information content (AvgIpc) is 2.42. The SMILES string of the molecule is Cc1ccc(C2CC(=O)c3cc(Br)ccc3O2)cc1Cl. The third-order valence-electron chi connectivity index (χ3n) is 3.45. The van der Waals surface area contributed by atoms with Crippen LogP contribution in [-0.4, -0.2) is 5.78 Å². The van der Waals surface area contributed by atoms with Crippen LogP contribution in [0.2, 0.25) is 5.02 Å². The molecule has 0 N–H and O–H groups in total. The van der Waals surface area contributed by atoms with Gasteiger partial charge in [0.1, 0.15) is 11.9 Å². The van der Waals surface area contributed by atoms with E-state index >= 15 is 0 Å². The second-order valence-corrected chi connectivity index (χ2v) is 6.21. The Kier molecular flexibility index (Phi) is 3.57. The summed E-state index contributed by atoms with van der Waals surface area (Å²) in [6.45, 7) is 1.95. The van der Waals surface area contributed by atoms with E-state index < -0.39 is 0 Å². The Labute approximate surface area is 130 Å². The van der Waals surface area contributed by atoms with Crippen LogP contribution in [0.3, 0.4) is 0 Å². The van der Waals surface area contributed by atoms with Crippen LogP contribution in [0.1, 0.15) is 34.0 Å². The predicted molar refractivity (Wildman–Crippen MR) is 82.6 cm³/mol. The molecule has 2 aromatic carbocycles. The number of aryl methyl sites for hydroxylation is 1. The first-order valence-corrected chi connectivity index (χ1v) is 7.47. The zero-order valence-corrected chi connectivity index (χ0v) is 13.2. The Morgan fingerprint density at radius 3 is 2.80 bits per heavy atom. The summed E-state index contributed by atoms with van der Waals surface area (Å²) in [7, 11) is 0. The van der Waals surface area contributed by atoms with Crippen molar-refractivity contribution in [3.63, 3.8) is 0 Å². The van der Waals surface area contributed by atoms with Crippen LogP contribution in [0.15, 0.2) is 40.9 Å². The maximum absolute atomic E-state index is 12.2. The van der Waals surface area contributed by atoms with Crippen molar-refractivity contribution in [2.24, 2.45) is 0 Å². The molecule has 1 aliphatic heterocycles. The lowest BCUT2D eigenvalue weighted by Crippen LogP contribution is -2.20. The normalized spacial score (nSPS) is 17.6. The lowest BCUT2D eigenvalue weighted by molar-refractivity contribution is 0.0850. The molecule has 0 amide bonds. The summed E-state index contributed by atoms with van der Waals surface area (Å²) in [5.41, 5.74) is 2.58. The molecule has 1 aliphatic rings. The number of fused-ring (bicyclic) bond motifs is 1. The van der Waals surface area contributed by atoms with Gasteiger partial charge in [-0.15, -0.1) is 0 Å². The highest BCUT2D eigenvalue weighted by Gasteiger charge is 2.27. The van der Waals surface area contributed by atoms with Crippen LogP contribution >= 0.6 is 27.5 Å². The molecule has 0 fully saturated rings. The van der Waals surface area contributed by atoms with Gasteiger partial charge in [0.25, 0.3) is 0 Å². The molecule has 0 saturated carbocycles. The van der Waals surface area contributed by atoms with E-state index in [4.69, 9.17) is 16.3 Å². The van der Waals surface area contributed by atoms with Crippen LogP contribution in [0.25, 0.3) is 0 Å². The molecule has 102 valence electrons. The fourth-order valence-corrected chi connectivity index (χ4v) is 2.84. The number of carbonyl (C=O) groups excluding carboxylic acids is 1. The van der Waals surface area contributed by atoms with Crippen LogP contribution in [-0.2, 0) is 0 Å². The smallest absolute Gasteiger partial charge is 0.170 e. The van der Waals surface area contributed by atoms with Crippen molar-refractivity contribution in [2.45, 2.75) is 19.4 Å². The van der Waals surface area contributed by atoms with E-state index in [0.29, 0.717) is 22.8 Å². The Morgan fingerprint density at radius 1 is 1.25 bits per heavy atom. The largest absolute Gasteiger partial charge is 0.484 e. The van der Waals surface area contributed by atoms with E-state index in [-0.39, 0.29) is 11.9 Å². The van der Waals surface area contributed by atoms with Crippen molar-refractivity contribution < 1.29 is 9.53 Å². The molecule has 0 aromatic heterocycles. The molecule has 4 heteroatoms. The third kappa shape index (κ3) is 2.48. The van der Waals surface area contributed by atoms with E-state index in [2.05, 4.69) is 15.9 Å². The number of rotatable bonds is 1. The Morgan fingerprint density at radius 2 is 2.05 bits per heavy atom. The molecule has 1 atom stereocenters. The predicted octanol–water partition coefficient (Wildman–Crippen LogP) is 5.12. The van der Waals surface area contributed by atoms with Crippen molar-refractivity contribution in [1.82, 2.24) is 0 Å². The van der Waals surface area contributed by atoms with E-state index in [1.807, 2.05) is 37.3 Å². The summed E-state index contributed by atoms with van der Waals surface area (Å²) < 4.78 is 6.82. The van der Waals surface area contributed by atoms with Crippen LogP contribution in [0.5, 0.6) is 5.75 Å². The van der Waals surface area contributed by atoms with Gasteiger partial charge in [0.05, 0.1) is 12.0 Å². The van der Waals surface area contributed by atoms with Gasteiger partial charge in [0, 0.05) is 9.50 Å². The van der Waals surface area contributed by atoms with Gasteiger partial charge in [-0.05, 0) is 42.3 Å². The van der Waals surface area contributed by atoms with Gasteiger partial charge in [0.15, 0.2) is 5.78 Å². The van der Waals surface area contributed by atoms with Crippen LogP contribution < -0.4 is 4.74 Å². The summed E-state index contributed by atoms with van der Waals surface area (Å²) in [5, 5.41) is 0.695. The average molecular weight is 352 g/mol. The molecule has 1 heterocycles. The lowest BCUT2D eigenvalue weighted by atomic mass is 9.96. The molecular weight excluding hydrogens is 340 g/mol. The van der Waals surface area contributed by atoms with Gasteiger partial charge in [-0.2, -0.15) is 0 Å². The fraction of sp³-hybridized carbons (Fsp3) is 0.188. The van der Waals surface area contributed by atoms with E-state index in [1.165, 1.54) is 0 Å². The van der Waals surface area contributed by atoms with Crippen molar-refractivity contribution in [2.75, 3.05) is 0 Å². The van der Waals surface area contributed by atoms with Gasteiger partial charge in [-0.3, -0.25) is 4.79 Å². The molecule has 0 aliphatic carbocycles. The van der Waals surface area contributed by atoms with Gasteiger partial charge >= 0.3 is 0 Å².